The average molecular weight is 361 g/mol. The Kier molecular flexibility index (Phi) is 9.90. The molecular formula is C19H28N4OS. The number of carbonyl (C=O) groups is 1. The summed E-state index contributed by atoms with van der Waals surface area (Å²) < 4.78 is 0. The summed E-state index contributed by atoms with van der Waals surface area (Å²) in [5, 5.41) is 3.55. The minimum Gasteiger partial charge on any atom is -0.354 e. The summed E-state index contributed by atoms with van der Waals surface area (Å²) in [5.41, 5.74) is 0.0296. The molecule has 1 aromatic rings. The molecule has 5 nitrogen and oxygen atoms in total. The fourth-order valence-corrected chi connectivity index (χ4v) is 2.42. The van der Waals surface area contributed by atoms with E-state index in [-0.39, 0.29) is 11.3 Å². The Labute approximate surface area is 155 Å². The van der Waals surface area contributed by atoms with Gasteiger partial charge in [0.05, 0.1) is 5.75 Å². The molecule has 1 N–H and O–H groups in total. The zero-order chi connectivity index (χ0) is 18.5. The van der Waals surface area contributed by atoms with Gasteiger partial charge in [-0.3, -0.25) is 9.69 Å². The highest BCUT2D eigenvalue weighted by molar-refractivity contribution is 7.99. The molecule has 1 rings (SSSR count). The molecule has 1 aromatic heterocycles. The van der Waals surface area contributed by atoms with Gasteiger partial charge >= 0.3 is 0 Å². The Morgan fingerprint density at radius 3 is 2.72 bits per heavy atom. The lowest BCUT2D eigenvalue weighted by Crippen LogP contribution is -2.35. The van der Waals surface area contributed by atoms with E-state index < -0.39 is 0 Å². The highest BCUT2D eigenvalue weighted by Gasteiger charge is 2.05. The maximum absolute atomic E-state index is 11.8. The molecule has 0 spiro atoms. The second-order valence-electron chi connectivity index (χ2n) is 6.48. The van der Waals surface area contributed by atoms with Crippen LogP contribution in [0.1, 0.15) is 27.7 Å². The van der Waals surface area contributed by atoms with E-state index in [0.29, 0.717) is 17.5 Å². The lowest BCUT2D eigenvalue weighted by molar-refractivity contribution is -0.118. The van der Waals surface area contributed by atoms with Gasteiger partial charge in [0.1, 0.15) is 0 Å². The summed E-state index contributed by atoms with van der Waals surface area (Å²) in [5.74, 6) is 6.58. The first-order valence-electron chi connectivity index (χ1n) is 8.47. The minimum absolute atomic E-state index is 0.0000853. The van der Waals surface area contributed by atoms with Crippen LogP contribution in [0.4, 0.5) is 0 Å². The number of aromatic nitrogens is 2. The molecule has 0 aliphatic rings. The number of amides is 1. The molecule has 0 aromatic carbocycles. The molecule has 0 aliphatic carbocycles. The van der Waals surface area contributed by atoms with E-state index in [0.717, 1.165) is 19.6 Å². The van der Waals surface area contributed by atoms with Crippen molar-refractivity contribution in [2.45, 2.75) is 32.9 Å². The Bertz CT molecular complexity index is 599. The maximum atomic E-state index is 11.8. The summed E-state index contributed by atoms with van der Waals surface area (Å²) in [6, 6.07) is 1.76. The Morgan fingerprint density at radius 2 is 2.08 bits per heavy atom. The fraction of sp³-hybridized carbons (Fsp3) is 0.526. The summed E-state index contributed by atoms with van der Waals surface area (Å²) >= 11 is 1.34. The first-order valence-corrected chi connectivity index (χ1v) is 9.46. The molecule has 0 aliphatic heterocycles. The number of hydrogen-bond acceptors (Lipinski definition) is 5. The van der Waals surface area contributed by atoms with Crippen molar-refractivity contribution < 1.29 is 4.79 Å². The molecule has 25 heavy (non-hydrogen) atoms. The van der Waals surface area contributed by atoms with Crippen molar-refractivity contribution in [3.8, 4) is 11.8 Å². The normalized spacial score (nSPS) is 11.4. The van der Waals surface area contributed by atoms with Crippen molar-refractivity contribution in [1.29, 1.82) is 0 Å². The first-order chi connectivity index (χ1) is 11.9. The van der Waals surface area contributed by atoms with Crippen LogP contribution < -0.4 is 5.32 Å². The highest BCUT2D eigenvalue weighted by Crippen LogP contribution is 2.10. The van der Waals surface area contributed by atoms with Crippen LogP contribution in [0.5, 0.6) is 0 Å². The van der Waals surface area contributed by atoms with Gasteiger partial charge in [0.25, 0.3) is 0 Å². The number of carbonyl (C=O) groups excluding carboxylic acids is 1. The number of nitrogens with one attached hydrogen (secondary N) is 1. The molecule has 0 saturated heterocycles. The van der Waals surface area contributed by atoms with Gasteiger partial charge in [0, 0.05) is 37.4 Å². The number of likely N-dealkylation sites (N-methyl/N-ethyl adjacent to an activating group) is 1. The van der Waals surface area contributed by atoms with Gasteiger partial charge in [-0.05, 0) is 39.5 Å². The van der Waals surface area contributed by atoms with Gasteiger partial charge in [-0.25, -0.2) is 9.97 Å². The number of thioether (sulfide) groups is 1. The first kappa shape index (κ1) is 21.2. The zero-order valence-electron chi connectivity index (χ0n) is 15.6. The SMILES string of the molecule is CCN(C/C=C/C#CC(C)(C)C)CCNC(=O)CSc1ncccn1. The highest BCUT2D eigenvalue weighted by atomic mass is 32.2. The van der Waals surface area contributed by atoms with E-state index in [1.165, 1.54) is 11.8 Å². The van der Waals surface area contributed by atoms with Crippen molar-refractivity contribution in [1.82, 2.24) is 20.2 Å². The van der Waals surface area contributed by atoms with Gasteiger partial charge in [-0.1, -0.05) is 36.6 Å². The Balaban J connectivity index is 2.22. The smallest absolute Gasteiger partial charge is 0.230 e. The zero-order valence-corrected chi connectivity index (χ0v) is 16.4. The predicted octanol–water partition coefficient (Wildman–Crippen LogP) is 2.61. The molecule has 6 heteroatoms. The van der Waals surface area contributed by atoms with Crippen LogP contribution in [0, 0.1) is 17.3 Å². The van der Waals surface area contributed by atoms with Crippen LogP contribution in [0.3, 0.4) is 0 Å². The minimum atomic E-state index is 0.0000853. The van der Waals surface area contributed by atoms with Crippen LogP contribution in [-0.2, 0) is 4.79 Å². The van der Waals surface area contributed by atoms with Gasteiger partial charge < -0.3 is 5.32 Å². The van der Waals surface area contributed by atoms with Gasteiger partial charge in [-0.15, -0.1) is 0 Å². The number of rotatable bonds is 9. The van der Waals surface area contributed by atoms with Crippen molar-refractivity contribution >= 4 is 17.7 Å². The molecule has 0 bridgehead atoms. The number of allylic oxidation sites excluding steroid dienone is 1. The van der Waals surface area contributed by atoms with E-state index in [1.807, 2.05) is 6.08 Å². The lowest BCUT2D eigenvalue weighted by Gasteiger charge is -2.18. The average Bonchev–Trinajstić information content (AvgIpc) is 2.58. The van der Waals surface area contributed by atoms with Crippen molar-refractivity contribution in [3.63, 3.8) is 0 Å². The molecule has 1 amide bonds. The fourth-order valence-electron chi connectivity index (χ4n) is 1.79. The third kappa shape index (κ3) is 11.4. The Hall–Kier alpha value is -1.84. The van der Waals surface area contributed by atoms with Crippen LogP contribution >= 0.6 is 11.8 Å². The maximum Gasteiger partial charge on any atom is 0.230 e. The second kappa shape index (κ2) is 11.7. The molecular weight excluding hydrogens is 332 g/mol. The quantitative estimate of drug-likeness (QED) is 0.417. The molecule has 0 atom stereocenters. The van der Waals surface area contributed by atoms with E-state index in [4.69, 9.17) is 0 Å². The van der Waals surface area contributed by atoms with Gasteiger partial charge in [-0.2, -0.15) is 0 Å². The van der Waals surface area contributed by atoms with E-state index in [2.05, 4.69) is 65.8 Å². The van der Waals surface area contributed by atoms with Gasteiger partial charge in [0.2, 0.25) is 5.91 Å². The van der Waals surface area contributed by atoms with Crippen LogP contribution in [0.2, 0.25) is 0 Å². The molecule has 1 heterocycles. The van der Waals surface area contributed by atoms with Crippen LogP contribution in [0.15, 0.2) is 35.8 Å². The summed E-state index contributed by atoms with van der Waals surface area (Å²) in [6.07, 6.45) is 7.31. The number of nitrogens with zero attached hydrogens (tertiary/aromatic N) is 3. The van der Waals surface area contributed by atoms with Crippen LogP contribution in [-0.4, -0.2) is 52.7 Å². The van der Waals surface area contributed by atoms with E-state index in [1.54, 1.807) is 18.5 Å². The molecule has 0 unspecified atom stereocenters. The largest absolute Gasteiger partial charge is 0.354 e. The number of hydrogen-bond donors (Lipinski definition) is 1. The summed E-state index contributed by atoms with van der Waals surface area (Å²) in [7, 11) is 0. The molecule has 0 fully saturated rings. The molecule has 0 radical (unpaired) electrons. The monoisotopic (exact) mass is 360 g/mol. The van der Waals surface area contributed by atoms with Crippen molar-refractivity contribution in [2.75, 3.05) is 31.9 Å². The van der Waals surface area contributed by atoms with E-state index >= 15 is 0 Å². The third-order valence-corrected chi connectivity index (χ3v) is 3.96. The lowest BCUT2D eigenvalue weighted by atomic mass is 9.98. The standard InChI is InChI=1S/C19H28N4OS/c1-5-23(14-8-6-7-10-19(2,3)4)15-13-20-17(24)16-25-18-21-11-9-12-22-18/h6,8-9,11-12H,5,13-16H2,1-4H3,(H,20,24)/b8-6+. The topological polar surface area (TPSA) is 58.1 Å². The predicted molar refractivity (Wildman–Crippen MR) is 104 cm³/mol. The summed E-state index contributed by atoms with van der Waals surface area (Å²) in [6.45, 7) is 11.6. The van der Waals surface area contributed by atoms with Crippen molar-refractivity contribution in [2.24, 2.45) is 5.41 Å². The van der Waals surface area contributed by atoms with Gasteiger partial charge in [0.15, 0.2) is 5.16 Å². The second-order valence-corrected chi connectivity index (χ2v) is 7.43. The van der Waals surface area contributed by atoms with Crippen molar-refractivity contribution in [3.05, 3.63) is 30.6 Å². The molecule has 0 saturated carbocycles. The Morgan fingerprint density at radius 1 is 1.36 bits per heavy atom. The van der Waals surface area contributed by atoms with E-state index in [9.17, 15) is 4.79 Å². The van der Waals surface area contributed by atoms with Crippen LogP contribution in [0.25, 0.3) is 0 Å². The summed E-state index contributed by atoms with van der Waals surface area (Å²) in [4.78, 5) is 22.3. The molecule has 136 valence electrons. The third-order valence-electron chi connectivity index (χ3n) is 3.08.